The Hall–Kier alpha value is -1.85. The van der Waals surface area contributed by atoms with Crippen molar-refractivity contribution >= 4 is 17.7 Å². The van der Waals surface area contributed by atoms with Crippen LogP contribution in [0.1, 0.15) is 23.7 Å². The molecule has 3 nitrogen and oxygen atoms in total. The highest BCUT2D eigenvalue weighted by Crippen LogP contribution is 2.37. The minimum absolute atomic E-state index is 0.145. The van der Waals surface area contributed by atoms with Gasteiger partial charge in [-0.3, -0.25) is 4.79 Å². The highest BCUT2D eigenvalue weighted by Gasteiger charge is 2.30. The summed E-state index contributed by atoms with van der Waals surface area (Å²) in [5, 5.41) is 2.91. The first-order valence-corrected chi connectivity index (χ1v) is 9.96. The van der Waals surface area contributed by atoms with Gasteiger partial charge in [0.15, 0.2) is 0 Å². The number of hydrogen-bond donors (Lipinski definition) is 1. The number of nitrogens with zero attached hydrogens (tertiary/aromatic N) is 1. The van der Waals surface area contributed by atoms with Crippen molar-refractivity contribution in [3.63, 3.8) is 0 Å². The first-order chi connectivity index (χ1) is 12.7. The number of halogens is 1. The molecule has 1 aliphatic heterocycles. The number of amides is 1. The number of likely N-dealkylation sites (tertiary alicyclic amines) is 1. The standard InChI is InChI=1S/C21H25FN2OS/c1-23-14-16-6-5-13-24(15-16)21(25)20(17-7-3-2-4-8-17)26-19-11-9-18(22)10-12-19/h2-4,7-12,16,20,23H,5-6,13-15H2,1H3. The summed E-state index contributed by atoms with van der Waals surface area (Å²) in [7, 11) is 1.96. The quantitative estimate of drug-likeness (QED) is 0.774. The molecule has 0 aliphatic carbocycles. The molecule has 1 amide bonds. The molecule has 1 N–H and O–H groups in total. The first-order valence-electron chi connectivity index (χ1n) is 9.08. The maximum Gasteiger partial charge on any atom is 0.240 e. The van der Waals surface area contributed by atoms with Crippen molar-refractivity contribution in [2.24, 2.45) is 5.92 Å². The Labute approximate surface area is 159 Å². The van der Waals surface area contributed by atoms with Gasteiger partial charge >= 0.3 is 0 Å². The van der Waals surface area contributed by atoms with Crippen LogP contribution >= 0.6 is 11.8 Å². The second-order valence-electron chi connectivity index (χ2n) is 6.71. The molecule has 0 aromatic heterocycles. The highest BCUT2D eigenvalue weighted by molar-refractivity contribution is 8.00. The zero-order valence-corrected chi connectivity index (χ0v) is 15.8. The summed E-state index contributed by atoms with van der Waals surface area (Å²) in [6, 6.07) is 16.2. The summed E-state index contributed by atoms with van der Waals surface area (Å²) in [6.45, 7) is 2.55. The SMILES string of the molecule is CNCC1CCCN(C(=O)C(Sc2ccc(F)cc2)c2ccccc2)C1. The third-order valence-electron chi connectivity index (χ3n) is 4.72. The van der Waals surface area contributed by atoms with Crippen LogP contribution in [0.2, 0.25) is 0 Å². The van der Waals surface area contributed by atoms with Gasteiger partial charge in [-0.05, 0) is 62.2 Å². The maximum absolute atomic E-state index is 13.3. The van der Waals surface area contributed by atoms with Crippen molar-refractivity contribution < 1.29 is 9.18 Å². The zero-order valence-electron chi connectivity index (χ0n) is 15.0. The van der Waals surface area contributed by atoms with E-state index in [0.717, 1.165) is 42.9 Å². The molecule has 0 spiro atoms. The molecular weight excluding hydrogens is 347 g/mol. The Bertz CT molecular complexity index is 706. The van der Waals surface area contributed by atoms with E-state index < -0.39 is 0 Å². The summed E-state index contributed by atoms with van der Waals surface area (Å²) in [4.78, 5) is 16.2. The Kier molecular flexibility index (Phi) is 6.69. The minimum Gasteiger partial charge on any atom is -0.341 e. The number of carbonyl (C=O) groups is 1. The minimum atomic E-state index is -0.310. The van der Waals surface area contributed by atoms with Gasteiger partial charge < -0.3 is 10.2 Å². The fourth-order valence-corrected chi connectivity index (χ4v) is 4.53. The third kappa shape index (κ3) is 4.86. The molecule has 5 heteroatoms. The third-order valence-corrected chi connectivity index (χ3v) is 5.97. The van der Waals surface area contributed by atoms with Crippen LogP contribution in [-0.4, -0.2) is 37.5 Å². The summed E-state index contributed by atoms with van der Waals surface area (Å²) >= 11 is 1.49. The van der Waals surface area contributed by atoms with E-state index in [9.17, 15) is 9.18 Å². The Morgan fingerprint density at radius 3 is 2.65 bits per heavy atom. The number of thioether (sulfide) groups is 1. The zero-order chi connectivity index (χ0) is 18.4. The maximum atomic E-state index is 13.3. The largest absolute Gasteiger partial charge is 0.341 e. The Balaban J connectivity index is 1.80. The van der Waals surface area contributed by atoms with Crippen LogP contribution in [0.3, 0.4) is 0 Å². The second-order valence-corrected chi connectivity index (χ2v) is 7.89. The van der Waals surface area contributed by atoms with Crippen LogP contribution in [0.5, 0.6) is 0 Å². The molecule has 2 aromatic rings. The average Bonchev–Trinajstić information content (AvgIpc) is 2.68. The summed E-state index contributed by atoms with van der Waals surface area (Å²) in [5.41, 5.74) is 0.988. The molecule has 26 heavy (non-hydrogen) atoms. The normalized spacial score (nSPS) is 18.5. The van der Waals surface area contributed by atoms with E-state index in [4.69, 9.17) is 0 Å². The lowest BCUT2D eigenvalue weighted by Gasteiger charge is -2.35. The number of hydrogen-bond acceptors (Lipinski definition) is 3. The lowest BCUT2D eigenvalue weighted by atomic mass is 9.97. The number of nitrogens with one attached hydrogen (secondary N) is 1. The van der Waals surface area contributed by atoms with Gasteiger partial charge in [0.05, 0.1) is 0 Å². The predicted molar refractivity (Wildman–Crippen MR) is 105 cm³/mol. The van der Waals surface area contributed by atoms with Gasteiger partial charge in [-0.25, -0.2) is 4.39 Å². The molecule has 2 atom stereocenters. The van der Waals surface area contributed by atoms with E-state index >= 15 is 0 Å². The van der Waals surface area contributed by atoms with Gasteiger partial charge in [-0.2, -0.15) is 0 Å². The van der Waals surface area contributed by atoms with Gasteiger partial charge in [0.1, 0.15) is 11.1 Å². The molecule has 0 radical (unpaired) electrons. The predicted octanol–water partition coefficient (Wildman–Crippen LogP) is 4.12. The van der Waals surface area contributed by atoms with Crippen LogP contribution in [0.4, 0.5) is 4.39 Å². The van der Waals surface area contributed by atoms with Gasteiger partial charge in [0.25, 0.3) is 0 Å². The van der Waals surface area contributed by atoms with Crippen molar-refractivity contribution in [2.45, 2.75) is 23.0 Å². The Morgan fingerprint density at radius 1 is 1.23 bits per heavy atom. The van der Waals surface area contributed by atoms with E-state index in [1.807, 2.05) is 42.3 Å². The smallest absolute Gasteiger partial charge is 0.240 e. The van der Waals surface area contributed by atoms with Gasteiger partial charge in [-0.1, -0.05) is 30.3 Å². The summed E-state index contributed by atoms with van der Waals surface area (Å²) < 4.78 is 13.2. The van der Waals surface area contributed by atoms with Crippen molar-refractivity contribution in [3.8, 4) is 0 Å². The van der Waals surface area contributed by atoms with Crippen LogP contribution in [0.15, 0.2) is 59.5 Å². The molecule has 1 fully saturated rings. The fraction of sp³-hybridized carbons (Fsp3) is 0.381. The lowest BCUT2D eigenvalue weighted by Crippen LogP contribution is -2.44. The summed E-state index contributed by atoms with van der Waals surface area (Å²) in [5.74, 6) is 0.388. The molecule has 2 aromatic carbocycles. The van der Waals surface area contributed by atoms with Crippen LogP contribution < -0.4 is 5.32 Å². The fourth-order valence-electron chi connectivity index (χ4n) is 3.42. The molecule has 0 saturated carbocycles. The van der Waals surface area contributed by atoms with Crippen molar-refractivity contribution in [1.82, 2.24) is 10.2 Å². The Morgan fingerprint density at radius 2 is 1.96 bits per heavy atom. The number of benzene rings is 2. The molecule has 138 valence electrons. The molecule has 3 rings (SSSR count). The van der Waals surface area contributed by atoms with E-state index in [-0.39, 0.29) is 17.0 Å². The molecule has 1 aliphatic rings. The van der Waals surface area contributed by atoms with Crippen LogP contribution in [0, 0.1) is 11.7 Å². The van der Waals surface area contributed by atoms with Crippen molar-refractivity contribution in [3.05, 3.63) is 66.0 Å². The van der Waals surface area contributed by atoms with E-state index in [1.54, 1.807) is 12.1 Å². The van der Waals surface area contributed by atoms with Crippen molar-refractivity contribution in [1.29, 1.82) is 0 Å². The number of carbonyl (C=O) groups excluding carboxylic acids is 1. The van der Waals surface area contributed by atoms with Gasteiger partial charge in [0, 0.05) is 18.0 Å². The van der Waals surface area contributed by atoms with Gasteiger partial charge in [0.2, 0.25) is 5.91 Å². The van der Waals surface area contributed by atoms with Crippen LogP contribution in [-0.2, 0) is 4.79 Å². The molecule has 2 unspecified atom stereocenters. The molecule has 1 heterocycles. The van der Waals surface area contributed by atoms with E-state index in [2.05, 4.69) is 5.32 Å². The van der Waals surface area contributed by atoms with Crippen molar-refractivity contribution in [2.75, 3.05) is 26.7 Å². The van der Waals surface area contributed by atoms with E-state index in [1.165, 1.54) is 23.9 Å². The molecular formula is C21H25FN2OS. The average molecular weight is 373 g/mol. The monoisotopic (exact) mass is 372 g/mol. The van der Waals surface area contributed by atoms with Crippen LogP contribution in [0.25, 0.3) is 0 Å². The summed E-state index contributed by atoms with van der Waals surface area (Å²) in [6.07, 6.45) is 2.20. The molecule has 1 saturated heterocycles. The van der Waals surface area contributed by atoms with Gasteiger partial charge in [-0.15, -0.1) is 11.8 Å². The topological polar surface area (TPSA) is 32.3 Å². The second kappa shape index (κ2) is 9.19. The highest BCUT2D eigenvalue weighted by atomic mass is 32.2. The number of piperidine rings is 1. The molecule has 0 bridgehead atoms. The number of rotatable bonds is 6. The first kappa shape index (κ1) is 18.9. The lowest BCUT2D eigenvalue weighted by molar-refractivity contribution is -0.132. The van der Waals surface area contributed by atoms with E-state index in [0.29, 0.717) is 5.92 Å².